The summed E-state index contributed by atoms with van der Waals surface area (Å²) in [6, 6.07) is 0. The fourth-order valence-corrected chi connectivity index (χ4v) is 4.97. The SMILES string of the molecule is CC(C)c1noc(CCNc2nc(-c3cnccn3)nc3sc4c(c23)CCCC4)n1. The largest absolute Gasteiger partial charge is 0.369 e. The summed E-state index contributed by atoms with van der Waals surface area (Å²) in [5.41, 5.74) is 2.07. The van der Waals surface area contributed by atoms with Crippen molar-refractivity contribution >= 4 is 27.4 Å². The van der Waals surface area contributed by atoms with E-state index in [0.717, 1.165) is 34.7 Å². The number of fused-ring (bicyclic) bond motifs is 3. The first-order chi connectivity index (χ1) is 14.7. The molecule has 0 bridgehead atoms. The summed E-state index contributed by atoms with van der Waals surface area (Å²) in [5, 5.41) is 8.69. The smallest absolute Gasteiger partial charge is 0.228 e. The normalized spacial score (nSPS) is 13.7. The summed E-state index contributed by atoms with van der Waals surface area (Å²) in [6.45, 7) is 4.76. The van der Waals surface area contributed by atoms with Gasteiger partial charge in [-0.25, -0.2) is 15.0 Å². The molecule has 8 nitrogen and oxygen atoms in total. The monoisotopic (exact) mass is 421 g/mol. The highest BCUT2D eigenvalue weighted by molar-refractivity contribution is 7.19. The van der Waals surface area contributed by atoms with E-state index in [0.29, 0.717) is 30.4 Å². The van der Waals surface area contributed by atoms with Gasteiger partial charge in [-0.15, -0.1) is 11.3 Å². The van der Waals surface area contributed by atoms with Crippen LogP contribution in [0.25, 0.3) is 21.7 Å². The molecule has 1 aliphatic carbocycles. The Bertz CT molecular complexity index is 1170. The van der Waals surface area contributed by atoms with Gasteiger partial charge >= 0.3 is 0 Å². The highest BCUT2D eigenvalue weighted by Crippen LogP contribution is 2.39. The van der Waals surface area contributed by atoms with E-state index in [9.17, 15) is 0 Å². The number of aromatic nitrogens is 6. The highest BCUT2D eigenvalue weighted by atomic mass is 32.1. The standard InChI is InChI=1S/C21H23N7OS/c1-12(2)18-25-16(29-28-18)7-8-24-20-17-13-5-3-4-6-15(13)30-21(17)27-19(26-20)14-11-22-9-10-23-14/h9-12H,3-8H2,1-2H3,(H,24,26,27). The topological polar surface area (TPSA) is 103 Å². The number of hydrogen-bond acceptors (Lipinski definition) is 9. The van der Waals surface area contributed by atoms with Crippen molar-refractivity contribution in [2.24, 2.45) is 0 Å². The first kappa shape index (κ1) is 19.0. The van der Waals surface area contributed by atoms with Gasteiger partial charge in [0.1, 0.15) is 16.3 Å². The molecule has 4 aromatic heterocycles. The Balaban J connectivity index is 1.47. The van der Waals surface area contributed by atoms with Crippen molar-refractivity contribution in [2.75, 3.05) is 11.9 Å². The van der Waals surface area contributed by atoms with Gasteiger partial charge in [0.25, 0.3) is 0 Å². The van der Waals surface area contributed by atoms with Crippen LogP contribution in [0.3, 0.4) is 0 Å². The lowest BCUT2D eigenvalue weighted by Gasteiger charge is -2.13. The molecule has 1 aliphatic rings. The van der Waals surface area contributed by atoms with Crippen molar-refractivity contribution in [1.29, 1.82) is 0 Å². The van der Waals surface area contributed by atoms with E-state index in [1.807, 2.05) is 0 Å². The second-order valence-corrected chi connectivity index (χ2v) is 8.84. The lowest BCUT2D eigenvalue weighted by atomic mass is 9.97. The zero-order valence-corrected chi connectivity index (χ0v) is 17.9. The lowest BCUT2D eigenvalue weighted by molar-refractivity contribution is 0.373. The number of hydrogen-bond donors (Lipinski definition) is 1. The van der Waals surface area contributed by atoms with Crippen LogP contribution in [0, 0.1) is 0 Å². The van der Waals surface area contributed by atoms with Gasteiger partial charge in [-0.2, -0.15) is 4.98 Å². The molecule has 0 atom stereocenters. The Kier molecular flexibility index (Phi) is 5.12. The number of aryl methyl sites for hydroxylation is 2. The fourth-order valence-electron chi connectivity index (χ4n) is 3.71. The Hall–Kier alpha value is -2.94. The highest BCUT2D eigenvalue weighted by Gasteiger charge is 2.22. The minimum absolute atomic E-state index is 0.254. The molecule has 0 amide bonds. The number of nitrogens with one attached hydrogen (secondary N) is 1. The summed E-state index contributed by atoms with van der Waals surface area (Å²) in [6.07, 6.45) is 10.3. The molecule has 0 aliphatic heterocycles. The molecule has 0 saturated carbocycles. The molecule has 30 heavy (non-hydrogen) atoms. The van der Waals surface area contributed by atoms with Crippen LogP contribution in [0.4, 0.5) is 5.82 Å². The average Bonchev–Trinajstić information content (AvgIpc) is 3.39. The van der Waals surface area contributed by atoms with Crippen LogP contribution in [-0.4, -0.2) is 36.6 Å². The molecule has 0 radical (unpaired) electrons. The Morgan fingerprint density at radius 2 is 2.03 bits per heavy atom. The van der Waals surface area contributed by atoms with E-state index in [2.05, 4.69) is 39.3 Å². The molecule has 0 spiro atoms. The summed E-state index contributed by atoms with van der Waals surface area (Å²) >= 11 is 1.78. The van der Waals surface area contributed by atoms with Crippen molar-refractivity contribution in [1.82, 2.24) is 30.1 Å². The summed E-state index contributed by atoms with van der Waals surface area (Å²) < 4.78 is 5.37. The third kappa shape index (κ3) is 3.65. The van der Waals surface area contributed by atoms with Gasteiger partial charge in [0.05, 0.1) is 11.6 Å². The molecule has 4 heterocycles. The van der Waals surface area contributed by atoms with Crippen LogP contribution in [0.2, 0.25) is 0 Å². The van der Waals surface area contributed by atoms with Gasteiger partial charge in [-0.05, 0) is 31.2 Å². The molecular formula is C21H23N7OS. The first-order valence-electron chi connectivity index (χ1n) is 10.3. The van der Waals surface area contributed by atoms with E-state index in [-0.39, 0.29) is 5.92 Å². The van der Waals surface area contributed by atoms with E-state index < -0.39 is 0 Å². The fraction of sp³-hybridized carbons (Fsp3) is 0.429. The van der Waals surface area contributed by atoms with Crippen LogP contribution in [-0.2, 0) is 19.3 Å². The number of thiophene rings is 1. The Morgan fingerprint density at radius 1 is 1.13 bits per heavy atom. The molecule has 9 heteroatoms. The minimum atomic E-state index is 0.254. The van der Waals surface area contributed by atoms with Gasteiger partial charge in [-0.3, -0.25) is 4.98 Å². The van der Waals surface area contributed by atoms with Gasteiger partial charge in [0, 0.05) is 36.2 Å². The zero-order chi connectivity index (χ0) is 20.5. The number of rotatable bonds is 6. The molecule has 0 aromatic carbocycles. The van der Waals surface area contributed by atoms with E-state index in [4.69, 9.17) is 14.5 Å². The number of anilines is 1. The second kappa shape index (κ2) is 8.06. The van der Waals surface area contributed by atoms with Crippen molar-refractivity contribution in [2.45, 2.75) is 51.9 Å². The summed E-state index contributed by atoms with van der Waals surface area (Å²) in [4.78, 5) is 25.1. The lowest BCUT2D eigenvalue weighted by Crippen LogP contribution is -2.09. The van der Waals surface area contributed by atoms with Crippen LogP contribution >= 0.6 is 11.3 Å². The first-order valence-corrected chi connectivity index (χ1v) is 11.2. The Labute approximate surface area is 178 Å². The van der Waals surface area contributed by atoms with Crippen molar-refractivity contribution < 1.29 is 4.52 Å². The predicted molar refractivity (Wildman–Crippen MR) is 116 cm³/mol. The molecule has 5 rings (SSSR count). The van der Waals surface area contributed by atoms with Gasteiger partial charge < -0.3 is 9.84 Å². The van der Waals surface area contributed by atoms with Gasteiger partial charge in [0.2, 0.25) is 5.89 Å². The maximum absolute atomic E-state index is 5.37. The van der Waals surface area contributed by atoms with Crippen molar-refractivity contribution in [3.8, 4) is 11.5 Å². The van der Waals surface area contributed by atoms with Crippen LogP contribution < -0.4 is 5.32 Å². The van der Waals surface area contributed by atoms with Crippen molar-refractivity contribution in [3.63, 3.8) is 0 Å². The third-order valence-electron chi connectivity index (χ3n) is 5.24. The minimum Gasteiger partial charge on any atom is -0.369 e. The molecule has 154 valence electrons. The van der Waals surface area contributed by atoms with Crippen LogP contribution in [0.1, 0.15) is 54.8 Å². The van der Waals surface area contributed by atoms with E-state index >= 15 is 0 Å². The molecular weight excluding hydrogens is 398 g/mol. The van der Waals surface area contributed by atoms with Crippen LogP contribution in [0.5, 0.6) is 0 Å². The summed E-state index contributed by atoms with van der Waals surface area (Å²) in [5.74, 6) is 3.08. The predicted octanol–water partition coefficient (Wildman–Crippen LogP) is 4.19. The van der Waals surface area contributed by atoms with Gasteiger partial charge in [0.15, 0.2) is 11.6 Å². The molecule has 0 unspecified atom stereocenters. The third-order valence-corrected chi connectivity index (χ3v) is 6.42. The average molecular weight is 422 g/mol. The second-order valence-electron chi connectivity index (χ2n) is 7.76. The van der Waals surface area contributed by atoms with E-state index in [1.165, 1.54) is 23.3 Å². The summed E-state index contributed by atoms with van der Waals surface area (Å²) in [7, 11) is 0. The Morgan fingerprint density at radius 3 is 2.83 bits per heavy atom. The number of nitrogens with zero attached hydrogens (tertiary/aromatic N) is 6. The quantitative estimate of drug-likeness (QED) is 0.494. The maximum Gasteiger partial charge on any atom is 0.228 e. The molecule has 1 N–H and O–H groups in total. The van der Waals surface area contributed by atoms with Crippen molar-refractivity contribution in [3.05, 3.63) is 40.7 Å². The van der Waals surface area contributed by atoms with Crippen LogP contribution in [0.15, 0.2) is 23.1 Å². The molecule has 0 saturated heterocycles. The zero-order valence-electron chi connectivity index (χ0n) is 17.1. The maximum atomic E-state index is 5.37. The van der Waals surface area contributed by atoms with Gasteiger partial charge in [-0.1, -0.05) is 19.0 Å². The molecule has 4 aromatic rings. The van der Waals surface area contributed by atoms with E-state index in [1.54, 1.807) is 29.9 Å². The molecule has 0 fully saturated rings.